The van der Waals surface area contributed by atoms with Crippen LogP contribution in [0.5, 0.6) is 0 Å². The highest BCUT2D eigenvalue weighted by Gasteiger charge is 2.13. The van der Waals surface area contributed by atoms with Crippen molar-refractivity contribution in [2.45, 2.75) is 33.1 Å². The molecule has 15 heavy (non-hydrogen) atoms. The maximum atomic E-state index is 6.08. The van der Waals surface area contributed by atoms with Gasteiger partial charge in [-0.1, -0.05) is 19.9 Å². The lowest BCUT2D eigenvalue weighted by molar-refractivity contribution is 0.716. The number of aryl methyl sites for hydroxylation is 1. The van der Waals surface area contributed by atoms with Crippen LogP contribution in [-0.4, -0.2) is 9.38 Å². The fraction of sp³-hybridized carbons (Fsp3) is 0.417. The lowest BCUT2D eigenvalue weighted by atomic mass is 10.1. The molecule has 0 aliphatic carbocycles. The minimum atomic E-state index is 0.421. The van der Waals surface area contributed by atoms with E-state index >= 15 is 0 Å². The van der Waals surface area contributed by atoms with Gasteiger partial charge in [0.15, 0.2) is 0 Å². The summed E-state index contributed by atoms with van der Waals surface area (Å²) in [7, 11) is 0. The number of imidazole rings is 1. The number of anilines is 1. The zero-order valence-electron chi connectivity index (χ0n) is 9.49. The summed E-state index contributed by atoms with van der Waals surface area (Å²) in [5, 5.41) is 0. The largest absolute Gasteiger partial charge is 0.383 e. The van der Waals surface area contributed by atoms with Crippen LogP contribution in [0.1, 0.15) is 37.4 Å². The van der Waals surface area contributed by atoms with Crippen molar-refractivity contribution in [1.29, 1.82) is 0 Å². The first-order valence-electron chi connectivity index (χ1n) is 5.37. The molecule has 0 spiro atoms. The monoisotopic (exact) mass is 203 g/mol. The zero-order chi connectivity index (χ0) is 11.0. The summed E-state index contributed by atoms with van der Waals surface area (Å²) in [6.45, 7) is 6.37. The first kappa shape index (κ1) is 10.0. The third kappa shape index (κ3) is 1.58. The van der Waals surface area contributed by atoms with E-state index in [1.807, 2.05) is 16.7 Å². The van der Waals surface area contributed by atoms with Crippen molar-refractivity contribution in [3.8, 4) is 0 Å². The van der Waals surface area contributed by atoms with Crippen LogP contribution < -0.4 is 5.73 Å². The van der Waals surface area contributed by atoms with Crippen LogP contribution in [0.4, 0.5) is 5.82 Å². The van der Waals surface area contributed by atoms with Gasteiger partial charge in [-0.2, -0.15) is 0 Å². The van der Waals surface area contributed by atoms with E-state index in [2.05, 4.69) is 31.8 Å². The third-order valence-electron chi connectivity index (χ3n) is 2.91. The number of hydrogen-bond donors (Lipinski definition) is 1. The van der Waals surface area contributed by atoms with Gasteiger partial charge in [0.05, 0.1) is 5.69 Å². The smallest absolute Gasteiger partial charge is 0.138 e. The number of hydrogen-bond acceptors (Lipinski definition) is 2. The van der Waals surface area contributed by atoms with Crippen LogP contribution in [0.3, 0.4) is 0 Å². The molecule has 0 saturated carbocycles. The highest BCUT2D eigenvalue weighted by atomic mass is 15.1. The minimum Gasteiger partial charge on any atom is -0.383 e. The van der Waals surface area contributed by atoms with E-state index in [1.54, 1.807) is 0 Å². The summed E-state index contributed by atoms with van der Waals surface area (Å²) in [4.78, 5) is 4.56. The number of fused-ring (bicyclic) bond motifs is 1. The topological polar surface area (TPSA) is 43.3 Å². The van der Waals surface area contributed by atoms with Gasteiger partial charge >= 0.3 is 0 Å². The van der Waals surface area contributed by atoms with Gasteiger partial charge in [0.25, 0.3) is 0 Å². The summed E-state index contributed by atoms with van der Waals surface area (Å²) in [5.74, 6) is 1.20. The molecule has 0 saturated heterocycles. The second-order valence-corrected chi connectivity index (χ2v) is 4.13. The van der Waals surface area contributed by atoms with Gasteiger partial charge in [0, 0.05) is 12.1 Å². The molecule has 3 nitrogen and oxygen atoms in total. The summed E-state index contributed by atoms with van der Waals surface area (Å²) in [5.41, 5.74) is 9.24. The minimum absolute atomic E-state index is 0.421. The summed E-state index contributed by atoms with van der Waals surface area (Å²) < 4.78 is 1.97. The van der Waals surface area contributed by atoms with Crippen molar-refractivity contribution < 1.29 is 0 Å². The van der Waals surface area contributed by atoms with Gasteiger partial charge in [-0.15, -0.1) is 0 Å². The number of nitrogen functional groups attached to an aromatic ring is 1. The van der Waals surface area contributed by atoms with Crippen molar-refractivity contribution in [1.82, 2.24) is 9.38 Å². The Bertz CT molecular complexity index is 485. The first-order valence-corrected chi connectivity index (χ1v) is 5.37. The quantitative estimate of drug-likeness (QED) is 0.815. The molecule has 1 atom stereocenters. The number of aromatic nitrogens is 2. The third-order valence-corrected chi connectivity index (χ3v) is 2.91. The van der Waals surface area contributed by atoms with Crippen molar-refractivity contribution in [2.24, 2.45) is 0 Å². The Morgan fingerprint density at radius 2 is 2.20 bits per heavy atom. The predicted molar refractivity (Wildman–Crippen MR) is 63.0 cm³/mol. The van der Waals surface area contributed by atoms with E-state index in [0.29, 0.717) is 5.92 Å². The Balaban J connectivity index is 2.64. The van der Waals surface area contributed by atoms with E-state index in [1.165, 1.54) is 5.56 Å². The molecule has 3 heteroatoms. The fourth-order valence-electron chi connectivity index (χ4n) is 1.74. The number of rotatable bonds is 2. The van der Waals surface area contributed by atoms with Gasteiger partial charge in [0.2, 0.25) is 0 Å². The first-order chi connectivity index (χ1) is 7.13. The maximum Gasteiger partial charge on any atom is 0.138 e. The van der Waals surface area contributed by atoms with Crippen molar-refractivity contribution in [2.75, 3.05) is 5.73 Å². The van der Waals surface area contributed by atoms with Crippen molar-refractivity contribution in [3.63, 3.8) is 0 Å². The molecule has 0 aliphatic rings. The van der Waals surface area contributed by atoms with Gasteiger partial charge in [0.1, 0.15) is 11.5 Å². The molecular weight excluding hydrogens is 186 g/mol. The Labute approximate surface area is 89.9 Å². The molecule has 2 N–H and O–H groups in total. The van der Waals surface area contributed by atoms with Gasteiger partial charge < -0.3 is 5.73 Å². The van der Waals surface area contributed by atoms with Gasteiger partial charge in [-0.3, -0.25) is 4.40 Å². The molecule has 0 fully saturated rings. The molecule has 0 amide bonds. The van der Waals surface area contributed by atoms with Crippen LogP contribution in [0.25, 0.3) is 5.65 Å². The van der Waals surface area contributed by atoms with Crippen LogP contribution in [0.15, 0.2) is 18.3 Å². The van der Waals surface area contributed by atoms with E-state index in [-0.39, 0.29) is 0 Å². The molecule has 2 heterocycles. The van der Waals surface area contributed by atoms with E-state index < -0.39 is 0 Å². The number of nitrogens with zero attached hydrogens (tertiary/aromatic N) is 2. The Kier molecular flexibility index (Phi) is 2.39. The van der Waals surface area contributed by atoms with E-state index in [4.69, 9.17) is 5.73 Å². The van der Waals surface area contributed by atoms with Crippen molar-refractivity contribution in [3.05, 3.63) is 29.6 Å². The lowest BCUT2D eigenvalue weighted by Crippen LogP contribution is -1.99. The molecule has 0 aliphatic heterocycles. The number of pyridine rings is 1. The summed E-state index contributed by atoms with van der Waals surface area (Å²) in [6.07, 6.45) is 3.09. The Morgan fingerprint density at radius 1 is 1.47 bits per heavy atom. The summed E-state index contributed by atoms with van der Waals surface area (Å²) >= 11 is 0. The molecule has 0 radical (unpaired) electrons. The SMILES string of the molecule is CCC(C)c1nc2ccc(C)cn2c1N. The normalized spacial score (nSPS) is 13.3. The molecule has 2 aromatic rings. The van der Waals surface area contributed by atoms with Crippen LogP contribution in [0.2, 0.25) is 0 Å². The van der Waals surface area contributed by atoms with Crippen LogP contribution >= 0.6 is 0 Å². The second kappa shape index (κ2) is 3.57. The second-order valence-electron chi connectivity index (χ2n) is 4.13. The predicted octanol–water partition coefficient (Wildman–Crippen LogP) is 2.74. The number of nitrogens with two attached hydrogens (primary N) is 1. The fourth-order valence-corrected chi connectivity index (χ4v) is 1.74. The van der Waals surface area contributed by atoms with Crippen LogP contribution in [-0.2, 0) is 0 Å². The Morgan fingerprint density at radius 3 is 2.87 bits per heavy atom. The molecule has 0 bridgehead atoms. The van der Waals surface area contributed by atoms with E-state index in [9.17, 15) is 0 Å². The highest BCUT2D eigenvalue weighted by molar-refractivity contribution is 5.54. The highest BCUT2D eigenvalue weighted by Crippen LogP contribution is 2.25. The standard InChI is InChI=1S/C12H17N3/c1-4-9(3)11-12(13)15-7-8(2)5-6-10(15)14-11/h5-7,9H,4,13H2,1-3H3. The van der Waals surface area contributed by atoms with E-state index in [0.717, 1.165) is 23.6 Å². The Hall–Kier alpha value is -1.51. The average molecular weight is 203 g/mol. The van der Waals surface area contributed by atoms with Gasteiger partial charge in [-0.05, 0) is 25.0 Å². The summed E-state index contributed by atoms with van der Waals surface area (Å²) in [6, 6.07) is 4.07. The van der Waals surface area contributed by atoms with Crippen LogP contribution in [0, 0.1) is 6.92 Å². The van der Waals surface area contributed by atoms with Gasteiger partial charge in [-0.25, -0.2) is 4.98 Å². The average Bonchev–Trinajstić information content (AvgIpc) is 2.55. The maximum absolute atomic E-state index is 6.08. The molecule has 2 aromatic heterocycles. The molecule has 0 aromatic carbocycles. The zero-order valence-corrected chi connectivity index (χ0v) is 9.49. The molecule has 80 valence electrons. The molecular formula is C12H17N3. The lowest BCUT2D eigenvalue weighted by Gasteiger charge is -2.05. The molecule has 1 unspecified atom stereocenters. The molecule has 2 rings (SSSR count). The van der Waals surface area contributed by atoms with Crippen molar-refractivity contribution >= 4 is 11.5 Å².